The molecule has 0 amide bonds. The second kappa shape index (κ2) is 7.12. The second-order valence-electron chi connectivity index (χ2n) is 6.85. The fourth-order valence-corrected chi connectivity index (χ4v) is 4.59. The number of ether oxygens (including phenoxy) is 1. The van der Waals surface area contributed by atoms with Gasteiger partial charge in [-0.3, -0.25) is 4.99 Å². The third kappa shape index (κ3) is 3.69. The van der Waals surface area contributed by atoms with Gasteiger partial charge in [-0.15, -0.1) is 0 Å². The number of rotatable bonds is 4. The zero-order valence-corrected chi connectivity index (χ0v) is 15.7. The van der Waals surface area contributed by atoms with Crippen LogP contribution < -0.4 is 10.1 Å². The minimum absolute atomic E-state index is 0.224. The summed E-state index contributed by atoms with van der Waals surface area (Å²) in [5.74, 6) is 2.12. The van der Waals surface area contributed by atoms with Crippen LogP contribution in [0.4, 0.5) is 0 Å². The topological polar surface area (TPSA) is 33.6 Å². The van der Waals surface area contributed by atoms with E-state index >= 15 is 0 Å². The molecule has 3 nitrogen and oxygen atoms in total. The summed E-state index contributed by atoms with van der Waals surface area (Å²) in [4.78, 5) is 4.61. The Morgan fingerprint density at radius 3 is 2.80 bits per heavy atom. The lowest BCUT2D eigenvalue weighted by Crippen LogP contribution is -2.28. The van der Waals surface area contributed by atoms with Crippen molar-refractivity contribution in [2.45, 2.75) is 32.7 Å². The lowest BCUT2D eigenvalue weighted by Gasteiger charge is -2.22. The zero-order valence-electron chi connectivity index (χ0n) is 14.8. The Balaban J connectivity index is 1.68. The first-order valence-electron chi connectivity index (χ1n) is 8.94. The van der Waals surface area contributed by atoms with Crippen molar-refractivity contribution in [1.82, 2.24) is 5.32 Å². The standard InChI is InChI=1S/C21H24N2OS/c1-14-10-15(2)12-16(11-14)13-19(23-21-22-7-9-25-21)17-4-3-5-20-18(17)6-8-24-20/h3-5,10-12,19H,6-9,13H2,1-2H3,(H,22,23). The molecule has 1 unspecified atom stereocenters. The van der Waals surface area contributed by atoms with Gasteiger partial charge in [0.25, 0.3) is 0 Å². The van der Waals surface area contributed by atoms with Crippen LogP contribution in [0.2, 0.25) is 0 Å². The van der Waals surface area contributed by atoms with Crippen molar-refractivity contribution in [3.8, 4) is 5.75 Å². The van der Waals surface area contributed by atoms with Crippen LogP contribution in [-0.4, -0.2) is 24.1 Å². The van der Waals surface area contributed by atoms with E-state index < -0.39 is 0 Å². The van der Waals surface area contributed by atoms with E-state index in [0.29, 0.717) is 0 Å². The molecule has 1 N–H and O–H groups in total. The number of thioether (sulfide) groups is 1. The van der Waals surface area contributed by atoms with Crippen LogP contribution >= 0.6 is 11.8 Å². The number of aliphatic imine (C=N–C) groups is 1. The Bertz CT molecular complexity index is 795. The molecule has 0 fully saturated rings. The van der Waals surface area contributed by atoms with Gasteiger partial charge in [0.05, 0.1) is 19.2 Å². The summed E-state index contributed by atoms with van der Waals surface area (Å²) in [6, 6.07) is 13.5. The van der Waals surface area contributed by atoms with Gasteiger partial charge in [0.15, 0.2) is 5.17 Å². The molecule has 1 atom stereocenters. The molecule has 0 aromatic heterocycles. The fraction of sp³-hybridized carbons (Fsp3) is 0.381. The molecular formula is C21H24N2OS. The molecule has 0 spiro atoms. The Morgan fingerprint density at radius 2 is 2.04 bits per heavy atom. The highest BCUT2D eigenvalue weighted by molar-refractivity contribution is 8.14. The highest BCUT2D eigenvalue weighted by Crippen LogP contribution is 2.33. The van der Waals surface area contributed by atoms with E-state index in [1.165, 1.54) is 27.8 Å². The van der Waals surface area contributed by atoms with Crippen molar-refractivity contribution >= 4 is 16.9 Å². The molecule has 4 rings (SSSR count). The molecule has 2 aliphatic rings. The summed E-state index contributed by atoms with van der Waals surface area (Å²) in [5, 5.41) is 4.78. The number of nitrogens with zero attached hydrogens (tertiary/aromatic N) is 1. The summed E-state index contributed by atoms with van der Waals surface area (Å²) < 4.78 is 5.78. The largest absolute Gasteiger partial charge is 0.493 e. The van der Waals surface area contributed by atoms with Crippen LogP contribution in [-0.2, 0) is 12.8 Å². The average molecular weight is 353 g/mol. The van der Waals surface area contributed by atoms with Crippen molar-refractivity contribution in [3.05, 3.63) is 64.2 Å². The summed E-state index contributed by atoms with van der Waals surface area (Å²) in [6.45, 7) is 6.05. The fourth-order valence-electron chi connectivity index (χ4n) is 3.81. The molecule has 2 aromatic carbocycles. The number of benzene rings is 2. The molecule has 2 aliphatic heterocycles. The normalized spacial score (nSPS) is 17.0. The highest BCUT2D eigenvalue weighted by Gasteiger charge is 2.23. The molecule has 0 bridgehead atoms. The summed E-state index contributed by atoms with van der Waals surface area (Å²) in [7, 11) is 0. The van der Waals surface area contributed by atoms with Crippen LogP contribution in [0.3, 0.4) is 0 Å². The third-order valence-corrected chi connectivity index (χ3v) is 5.67. The SMILES string of the molecule is Cc1cc(C)cc(CC(NC2=NCCS2)c2cccc3c2CCO3)c1. The quantitative estimate of drug-likeness (QED) is 0.895. The maximum atomic E-state index is 5.78. The first kappa shape index (κ1) is 16.5. The predicted octanol–water partition coefficient (Wildman–Crippen LogP) is 4.21. The van der Waals surface area contributed by atoms with E-state index in [9.17, 15) is 0 Å². The summed E-state index contributed by atoms with van der Waals surface area (Å²) >= 11 is 1.82. The molecule has 2 aromatic rings. The average Bonchev–Trinajstić information content (AvgIpc) is 3.24. The Hall–Kier alpha value is -1.94. The van der Waals surface area contributed by atoms with Gasteiger partial charge in [0.1, 0.15) is 5.75 Å². The molecule has 0 saturated heterocycles. The minimum Gasteiger partial charge on any atom is -0.493 e. The summed E-state index contributed by atoms with van der Waals surface area (Å²) in [6.07, 6.45) is 1.95. The molecule has 0 saturated carbocycles. The number of hydrogen-bond acceptors (Lipinski definition) is 4. The lowest BCUT2D eigenvalue weighted by molar-refractivity contribution is 0.357. The maximum absolute atomic E-state index is 5.78. The molecule has 4 heteroatoms. The van der Waals surface area contributed by atoms with Crippen molar-refractivity contribution in [3.63, 3.8) is 0 Å². The predicted molar refractivity (Wildman–Crippen MR) is 106 cm³/mol. The van der Waals surface area contributed by atoms with E-state index in [-0.39, 0.29) is 6.04 Å². The first-order chi connectivity index (χ1) is 12.2. The van der Waals surface area contributed by atoms with Crippen LogP contribution in [0.1, 0.15) is 33.9 Å². The van der Waals surface area contributed by atoms with Crippen LogP contribution in [0.15, 0.2) is 41.4 Å². The molecule has 130 valence electrons. The van der Waals surface area contributed by atoms with Gasteiger partial charge in [-0.05, 0) is 37.5 Å². The minimum atomic E-state index is 0.224. The molecular weight excluding hydrogens is 328 g/mol. The Morgan fingerprint density at radius 1 is 1.20 bits per heavy atom. The number of nitrogens with one attached hydrogen (secondary N) is 1. The molecule has 0 radical (unpaired) electrons. The van der Waals surface area contributed by atoms with Crippen molar-refractivity contribution < 1.29 is 4.74 Å². The Kier molecular flexibility index (Phi) is 4.71. The number of fused-ring (bicyclic) bond motifs is 1. The molecule has 2 heterocycles. The van der Waals surface area contributed by atoms with Gasteiger partial charge in [-0.25, -0.2) is 0 Å². The van der Waals surface area contributed by atoms with Gasteiger partial charge in [0.2, 0.25) is 0 Å². The van der Waals surface area contributed by atoms with Crippen LogP contribution in [0.25, 0.3) is 0 Å². The van der Waals surface area contributed by atoms with Crippen molar-refractivity contribution in [2.24, 2.45) is 4.99 Å². The lowest BCUT2D eigenvalue weighted by atomic mass is 9.92. The van der Waals surface area contributed by atoms with Crippen LogP contribution in [0.5, 0.6) is 5.75 Å². The van der Waals surface area contributed by atoms with Gasteiger partial charge < -0.3 is 10.1 Å². The second-order valence-corrected chi connectivity index (χ2v) is 7.94. The van der Waals surface area contributed by atoms with E-state index in [1.807, 2.05) is 11.8 Å². The van der Waals surface area contributed by atoms with Crippen molar-refractivity contribution in [1.29, 1.82) is 0 Å². The zero-order chi connectivity index (χ0) is 17.2. The van der Waals surface area contributed by atoms with Crippen LogP contribution in [0, 0.1) is 13.8 Å². The maximum Gasteiger partial charge on any atom is 0.157 e. The highest BCUT2D eigenvalue weighted by atomic mass is 32.2. The van der Waals surface area contributed by atoms with E-state index in [2.05, 4.69) is 60.6 Å². The summed E-state index contributed by atoms with van der Waals surface area (Å²) in [5.41, 5.74) is 6.72. The smallest absolute Gasteiger partial charge is 0.157 e. The number of aryl methyl sites for hydroxylation is 2. The van der Waals surface area contributed by atoms with E-state index in [0.717, 1.165) is 42.7 Å². The van der Waals surface area contributed by atoms with E-state index in [4.69, 9.17) is 4.74 Å². The number of amidine groups is 1. The van der Waals surface area contributed by atoms with Gasteiger partial charge in [-0.2, -0.15) is 0 Å². The number of hydrogen-bond donors (Lipinski definition) is 1. The monoisotopic (exact) mass is 352 g/mol. The Labute approximate surface area is 153 Å². The van der Waals surface area contributed by atoms with Gasteiger partial charge in [-0.1, -0.05) is 53.2 Å². The van der Waals surface area contributed by atoms with Gasteiger partial charge >= 0.3 is 0 Å². The molecule has 0 aliphatic carbocycles. The first-order valence-corrected chi connectivity index (χ1v) is 9.93. The third-order valence-electron chi connectivity index (χ3n) is 4.76. The molecule has 25 heavy (non-hydrogen) atoms. The van der Waals surface area contributed by atoms with E-state index in [1.54, 1.807) is 0 Å². The van der Waals surface area contributed by atoms with Gasteiger partial charge in [0, 0.05) is 17.7 Å². The van der Waals surface area contributed by atoms with Crippen molar-refractivity contribution in [2.75, 3.05) is 18.9 Å².